The van der Waals surface area contributed by atoms with Gasteiger partial charge in [0, 0.05) is 17.6 Å². The molecular weight excluding hydrogens is 435 g/mol. The minimum absolute atomic E-state index is 0. The van der Waals surface area contributed by atoms with E-state index in [-0.39, 0.29) is 114 Å². The Kier molecular flexibility index (Phi) is 19.4. The number of halogens is 1. The van der Waals surface area contributed by atoms with Gasteiger partial charge in [-0.05, 0) is 6.07 Å². The van der Waals surface area contributed by atoms with Crippen molar-refractivity contribution < 1.29 is 106 Å². The number of carboxylic acid groups (broad SMARTS) is 1. The summed E-state index contributed by atoms with van der Waals surface area (Å²) in [6, 6.07) is 2.04. The van der Waals surface area contributed by atoms with Gasteiger partial charge in [0.2, 0.25) is 0 Å². The number of phenols is 2. The van der Waals surface area contributed by atoms with Crippen LogP contribution >= 0.6 is 0 Å². The Morgan fingerprint density at radius 3 is 2.00 bits per heavy atom. The van der Waals surface area contributed by atoms with Crippen LogP contribution in [-0.4, -0.2) is 38.9 Å². The maximum Gasteiger partial charge on any atom is 1.00 e. The predicted octanol–water partition coefficient (Wildman–Crippen LogP) is -5.67. The summed E-state index contributed by atoms with van der Waals surface area (Å²) in [5.74, 6) is -2.17. The summed E-state index contributed by atoms with van der Waals surface area (Å²) in [6.07, 6.45) is 0. The molecule has 0 heterocycles. The summed E-state index contributed by atoms with van der Waals surface area (Å²) < 4.78 is 0. The molecule has 0 fully saturated rings. The van der Waals surface area contributed by atoms with E-state index < -0.39 is 17.5 Å². The molecule has 86 valence electrons. The minimum atomic E-state index is -1.20. The molecule has 9 heteroatoms. The largest absolute Gasteiger partial charge is 1.00 e. The van der Waals surface area contributed by atoms with Crippen LogP contribution in [0, 0.1) is 0 Å². The molecule has 1 aromatic carbocycles. The molecule has 16 heavy (non-hydrogen) atoms. The van der Waals surface area contributed by atoms with Crippen molar-refractivity contribution >= 4 is 36.2 Å². The third-order valence-electron chi connectivity index (χ3n) is 1.30. The number of aromatic hydroxyl groups is 2. The van der Waals surface area contributed by atoms with E-state index in [4.69, 9.17) is 15.3 Å². The molecule has 0 saturated carbocycles. The molecule has 4 radical (unpaired) electrons. The summed E-state index contributed by atoms with van der Waals surface area (Å²) in [4.78, 5) is 10.3. The van der Waals surface area contributed by atoms with Crippen LogP contribution in [0.25, 0.3) is 0 Å². The molecule has 1 aromatic rings. The SMILES string of the molecule is O=C(O)c1cc(O)c(O)c([S-])c1.[Ag+].[Cl-].[Ge].[K+]. The van der Waals surface area contributed by atoms with E-state index >= 15 is 0 Å². The summed E-state index contributed by atoms with van der Waals surface area (Å²) in [7, 11) is 0. The van der Waals surface area contributed by atoms with Crippen molar-refractivity contribution in [3.63, 3.8) is 0 Å². The summed E-state index contributed by atoms with van der Waals surface area (Å²) in [5, 5.41) is 26.4. The second-order valence-electron chi connectivity index (χ2n) is 2.15. The number of carboxylic acids is 1. The number of phenolic OH excluding ortho intramolecular Hbond substituents is 2. The third kappa shape index (κ3) is 7.22. The number of hydrogen-bond donors (Lipinski definition) is 3. The number of rotatable bonds is 1. The zero-order chi connectivity index (χ0) is 9.30. The van der Waals surface area contributed by atoms with Gasteiger partial charge in [0.1, 0.15) is 5.75 Å². The molecule has 0 amide bonds. The van der Waals surface area contributed by atoms with Crippen LogP contribution in [0.4, 0.5) is 0 Å². The van der Waals surface area contributed by atoms with E-state index in [2.05, 4.69) is 12.6 Å². The van der Waals surface area contributed by atoms with Gasteiger partial charge in [-0.3, -0.25) is 0 Å². The van der Waals surface area contributed by atoms with E-state index in [0.717, 1.165) is 12.1 Å². The number of benzene rings is 1. The first kappa shape index (κ1) is 26.3. The van der Waals surface area contributed by atoms with Crippen LogP contribution in [0.1, 0.15) is 10.4 Å². The van der Waals surface area contributed by atoms with Gasteiger partial charge in [-0.25, -0.2) is 4.79 Å². The molecule has 0 atom stereocenters. The minimum Gasteiger partial charge on any atom is -1.00 e. The number of carbonyl (C=O) groups is 1. The molecule has 0 aliphatic carbocycles. The van der Waals surface area contributed by atoms with Crippen LogP contribution in [0.5, 0.6) is 11.5 Å². The van der Waals surface area contributed by atoms with Crippen molar-refractivity contribution in [3.8, 4) is 11.5 Å². The molecule has 0 aliphatic rings. The number of hydrogen-bond acceptors (Lipinski definition) is 4. The van der Waals surface area contributed by atoms with Crippen molar-refractivity contribution in [2.45, 2.75) is 4.90 Å². The van der Waals surface area contributed by atoms with Gasteiger partial charge >= 0.3 is 79.7 Å². The van der Waals surface area contributed by atoms with Crippen molar-refractivity contribution in [1.29, 1.82) is 0 Å². The van der Waals surface area contributed by atoms with Crippen molar-refractivity contribution in [2.75, 3.05) is 0 Å². The molecule has 0 saturated heterocycles. The molecule has 0 spiro atoms. The van der Waals surface area contributed by atoms with Crippen molar-refractivity contribution in [3.05, 3.63) is 17.7 Å². The quantitative estimate of drug-likeness (QED) is 0.231. The van der Waals surface area contributed by atoms with Crippen LogP contribution in [0.3, 0.4) is 0 Å². The first-order chi connectivity index (χ1) is 5.52. The Hall–Kier alpha value is 1.72. The predicted molar refractivity (Wildman–Crippen MR) is 48.1 cm³/mol. The van der Waals surface area contributed by atoms with E-state index in [1.54, 1.807) is 0 Å². The van der Waals surface area contributed by atoms with Crippen molar-refractivity contribution in [1.82, 2.24) is 0 Å². The Balaban J connectivity index is -0.000000180. The molecule has 0 bridgehead atoms. The molecule has 3 N–H and O–H groups in total. The fourth-order valence-corrected chi connectivity index (χ4v) is 0.948. The number of aromatic carboxylic acids is 1. The van der Waals surface area contributed by atoms with Crippen LogP contribution in [0.15, 0.2) is 17.0 Å². The van der Waals surface area contributed by atoms with Gasteiger partial charge in [-0.15, -0.1) is 4.90 Å². The topological polar surface area (TPSA) is 77.8 Å². The maximum absolute atomic E-state index is 10.4. The van der Waals surface area contributed by atoms with E-state index in [9.17, 15) is 4.79 Å². The van der Waals surface area contributed by atoms with Gasteiger partial charge in [-0.2, -0.15) is 0 Å². The second kappa shape index (κ2) is 11.8. The maximum atomic E-state index is 10.4. The zero-order valence-corrected chi connectivity index (χ0v) is 16.3. The molecule has 4 nitrogen and oxygen atoms in total. The van der Waals surface area contributed by atoms with Crippen LogP contribution < -0.4 is 63.8 Å². The standard InChI is InChI=1S/C7H6O4S.Ag.ClH.Ge.K/c8-4-1-3(7(10)11)2-5(12)6(4)9;;;;/h1-2,8-9,12H,(H,10,11);;1H;;/q;+1;;;+1/p-2. The monoisotopic (exact) mass is 440 g/mol. The van der Waals surface area contributed by atoms with Gasteiger partial charge in [0.25, 0.3) is 0 Å². The zero-order valence-electron chi connectivity index (χ0n) is 7.99. The summed E-state index contributed by atoms with van der Waals surface area (Å²) in [5.41, 5.74) is -0.143. The third-order valence-corrected chi connectivity index (χ3v) is 1.61. The molecule has 0 aliphatic heterocycles. The van der Waals surface area contributed by atoms with E-state index in [1.165, 1.54) is 0 Å². The molecule has 0 unspecified atom stereocenters. The Bertz CT molecular complexity index is 332. The average Bonchev–Trinajstić information content (AvgIpc) is 1.99. The fourth-order valence-electron chi connectivity index (χ4n) is 0.717. The van der Waals surface area contributed by atoms with Gasteiger partial charge in [0.05, 0.1) is 5.56 Å². The first-order valence-corrected chi connectivity index (χ1v) is 3.39. The van der Waals surface area contributed by atoms with Gasteiger partial charge in [-0.1, -0.05) is 6.07 Å². The summed E-state index contributed by atoms with van der Waals surface area (Å²) in [6.45, 7) is 0. The van der Waals surface area contributed by atoms with Crippen LogP contribution in [-0.2, 0) is 35.0 Å². The van der Waals surface area contributed by atoms with Gasteiger partial charge in [0.15, 0.2) is 5.75 Å². The molecule has 0 aromatic heterocycles. The normalized spacial score (nSPS) is 7.25. The molecule has 1 rings (SSSR count). The summed E-state index contributed by atoms with van der Waals surface area (Å²) >= 11 is 4.57. The fraction of sp³-hybridized carbons (Fsp3) is 0. The second-order valence-corrected chi connectivity index (χ2v) is 2.59. The Morgan fingerprint density at radius 1 is 1.25 bits per heavy atom. The van der Waals surface area contributed by atoms with Crippen LogP contribution in [0.2, 0.25) is 0 Å². The van der Waals surface area contributed by atoms with Gasteiger partial charge < -0.3 is 40.4 Å². The Morgan fingerprint density at radius 2 is 1.69 bits per heavy atom. The first-order valence-electron chi connectivity index (χ1n) is 2.98. The van der Waals surface area contributed by atoms with E-state index in [1.807, 2.05) is 0 Å². The average molecular weight is 440 g/mol. The molecular formula is C7H5AgClGeKO4S. The Labute approximate surface area is 173 Å². The van der Waals surface area contributed by atoms with E-state index in [0.29, 0.717) is 0 Å². The smallest absolute Gasteiger partial charge is 1.00 e. The van der Waals surface area contributed by atoms with Crippen molar-refractivity contribution in [2.24, 2.45) is 0 Å².